The first-order chi connectivity index (χ1) is 17.1. The minimum absolute atomic E-state index is 0.0276. The Hall–Kier alpha value is -2.74. The van der Waals surface area contributed by atoms with E-state index in [2.05, 4.69) is 10.3 Å². The van der Waals surface area contributed by atoms with E-state index in [-0.39, 0.29) is 36.3 Å². The van der Waals surface area contributed by atoms with E-state index in [1.165, 1.54) is 44.2 Å². The number of piperidine rings is 1. The van der Waals surface area contributed by atoms with Crippen LogP contribution in [0, 0.1) is 11.7 Å². The molecule has 0 bridgehead atoms. The highest BCUT2D eigenvalue weighted by Crippen LogP contribution is 2.29. The van der Waals surface area contributed by atoms with E-state index in [4.69, 9.17) is 4.74 Å². The third-order valence-corrected chi connectivity index (χ3v) is 7.78. The summed E-state index contributed by atoms with van der Waals surface area (Å²) in [5.74, 6) is -0.245. The van der Waals surface area contributed by atoms with Gasteiger partial charge in [0.15, 0.2) is 5.69 Å². The number of carbonyl (C=O) groups excluding carboxylic acids is 2. The predicted octanol–water partition coefficient (Wildman–Crippen LogP) is 4.38. The molecule has 1 atom stereocenters. The van der Waals surface area contributed by atoms with Crippen molar-refractivity contribution in [3.63, 3.8) is 0 Å². The fourth-order valence-electron chi connectivity index (χ4n) is 5.60. The number of nitrogens with zero attached hydrogens (tertiary/aromatic N) is 3. The molecule has 2 aliphatic heterocycles. The Balaban J connectivity index is 1.15. The van der Waals surface area contributed by atoms with Crippen molar-refractivity contribution in [2.75, 3.05) is 13.1 Å². The molecular formula is C27H35FN4O3. The van der Waals surface area contributed by atoms with Crippen molar-refractivity contribution in [2.45, 2.75) is 83.1 Å². The van der Waals surface area contributed by atoms with Gasteiger partial charge in [-0.2, -0.15) is 0 Å². The van der Waals surface area contributed by atoms with Crippen LogP contribution in [-0.2, 0) is 22.7 Å². The molecule has 3 heterocycles. The predicted molar refractivity (Wildman–Crippen MR) is 129 cm³/mol. The summed E-state index contributed by atoms with van der Waals surface area (Å²) < 4.78 is 21.2. The number of benzene rings is 1. The average molecular weight is 483 g/mol. The first kappa shape index (κ1) is 24.0. The van der Waals surface area contributed by atoms with Gasteiger partial charge in [-0.15, -0.1) is 0 Å². The number of hydrogen-bond acceptors (Lipinski definition) is 4. The highest BCUT2D eigenvalue weighted by atomic mass is 19.1. The Morgan fingerprint density at radius 3 is 2.37 bits per heavy atom. The summed E-state index contributed by atoms with van der Waals surface area (Å²) in [5, 5.41) is 3.29. The zero-order valence-electron chi connectivity index (χ0n) is 20.3. The van der Waals surface area contributed by atoms with E-state index in [0.717, 1.165) is 24.1 Å². The zero-order chi connectivity index (χ0) is 24.2. The third kappa shape index (κ3) is 5.58. The number of carbonyl (C=O) groups is 2. The molecule has 5 rings (SSSR count). The SMILES string of the molecule is O=C(NC1CCCCCCC1)C1CCN(C(=O)c2ncn3c2CO[C@@H](c2ccc(F)cc2)C3)CC1. The zero-order valence-corrected chi connectivity index (χ0v) is 20.3. The summed E-state index contributed by atoms with van der Waals surface area (Å²) in [7, 11) is 0. The number of likely N-dealkylation sites (tertiary alicyclic amines) is 1. The standard InChI is InChI=1S/C27H35FN4O3/c28-21-10-8-19(9-11-21)24-16-32-18-29-25(23(32)17-35-24)27(34)31-14-12-20(13-15-31)26(33)30-22-6-4-2-1-3-5-7-22/h8-11,18,20,22,24H,1-7,12-17H2,(H,30,33)/t24-/m1/s1. The van der Waals surface area contributed by atoms with Gasteiger partial charge in [0.1, 0.15) is 11.9 Å². The maximum atomic E-state index is 13.2. The quantitative estimate of drug-likeness (QED) is 0.702. The highest BCUT2D eigenvalue weighted by Gasteiger charge is 2.32. The van der Waals surface area contributed by atoms with Crippen LogP contribution in [0.5, 0.6) is 0 Å². The lowest BCUT2D eigenvalue weighted by Gasteiger charge is -2.32. The molecule has 2 amide bonds. The molecule has 7 nitrogen and oxygen atoms in total. The van der Waals surface area contributed by atoms with E-state index in [1.54, 1.807) is 18.5 Å². The van der Waals surface area contributed by atoms with E-state index < -0.39 is 0 Å². The normalized spacial score (nSPS) is 22.2. The van der Waals surface area contributed by atoms with Crippen LogP contribution in [0.25, 0.3) is 0 Å². The Morgan fingerprint density at radius 2 is 1.66 bits per heavy atom. The number of hydrogen-bond donors (Lipinski definition) is 1. The van der Waals surface area contributed by atoms with Crippen LogP contribution in [0.3, 0.4) is 0 Å². The van der Waals surface area contributed by atoms with Gasteiger partial charge in [0, 0.05) is 25.0 Å². The van der Waals surface area contributed by atoms with Crippen LogP contribution in [0.1, 0.15) is 85.6 Å². The summed E-state index contributed by atoms with van der Waals surface area (Å²) >= 11 is 0. The minimum atomic E-state index is -0.276. The highest BCUT2D eigenvalue weighted by molar-refractivity contribution is 5.93. The lowest BCUT2D eigenvalue weighted by atomic mass is 9.93. The van der Waals surface area contributed by atoms with Crippen molar-refractivity contribution in [3.05, 3.63) is 53.4 Å². The number of fused-ring (bicyclic) bond motifs is 1. The number of imidazole rings is 1. The van der Waals surface area contributed by atoms with Crippen LogP contribution >= 0.6 is 0 Å². The van der Waals surface area contributed by atoms with Gasteiger partial charge in [0.25, 0.3) is 5.91 Å². The van der Waals surface area contributed by atoms with Crippen molar-refractivity contribution in [1.82, 2.24) is 19.8 Å². The maximum absolute atomic E-state index is 13.2. The molecular weight excluding hydrogens is 447 g/mol. The second-order valence-corrected chi connectivity index (χ2v) is 10.2. The van der Waals surface area contributed by atoms with Crippen LogP contribution in [0.2, 0.25) is 0 Å². The number of rotatable bonds is 4. The summed E-state index contributed by atoms with van der Waals surface area (Å²) in [6.07, 6.45) is 11.3. The molecule has 1 saturated carbocycles. The molecule has 2 fully saturated rings. The van der Waals surface area contributed by atoms with E-state index in [1.807, 2.05) is 9.47 Å². The number of halogens is 1. The largest absolute Gasteiger partial charge is 0.365 e. The van der Waals surface area contributed by atoms with Crippen LogP contribution < -0.4 is 5.32 Å². The Labute approximate surface area is 206 Å². The lowest BCUT2D eigenvalue weighted by Crippen LogP contribution is -2.45. The van der Waals surface area contributed by atoms with Crippen LogP contribution in [0.15, 0.2) is 30.6 Å². The van der Waals surface area contributed by atoms with Gasteiger partial charge in [-0.1, -0.05) is 44.2 Å². The van der Waals surface area contributed by atoms with Gasteiger partial charge < -0.3 is 19.5 Å². The number of aromatic nitrogens is 2. The van der Waals surface area contributed by atoms with Gasteiger partial charge in [0.2, 0.25) is 5.91 Å². The summed E-state index contributed by atoms with van der Waals surface area (Å²) in [5.41, 5.74) is 2.11. The first-order valence-corrected chi connectivity index (χ1v) is 13.1. The number of amides is 2. The van der Waals surface area contributed by atoms with Gasteiger partial charge in [-0.25, -0.2) is 9.37 Å². The van der Waals surface area contributed by atoms with Crippen LogP contribution in [0.4, 0.5) is 4.39 Å². The van der Waals surface area contributed by atoms with E-state index in [0.29, 0.717) is 44.2 Å². The number of ether oxygens (including phenoxy) is 1. The smallest absolute Gasteiger partial charge is 0.274 e. The summed E-state index contributed by atoms with van der Waals surface area (Å²) in [4.78, 5) is 32.3. The van der Waals surface area contributed by atoms with Gasteiger partial charge in [-0.05, 0) is 43.4 Å². The molecule has 0 radical (unpaired) electrons. The maximum Gasteiger partial charge on any atom is 0.274 e. The Bertz CT molecular complexity index is 1020. The Kier molecular flexibility index (Phi) is 7.46. The average Bonchev–Trinajstić information content (AvgIpc) is 3.29. The third-order valence-electron chi connectivity index (χ3n) is 7.78. The molecule has 2 aromatic rings. The molecule has 0 unspecified atom stereocenters. The van der Waals surface area contributed by atoms with Crippen molar-refractivity contribution in [3.8, 4) is 0 Å². The van der Waals surface area contributed by atoms with Crippen molar-refractivity contribution < 1.29 is 18.7 Å². The Morgan fingerprint density at radius 1 is 0.971 bits per heavy atom. The van der Waals surface area contributed by atoms with Gasteiger partial charge in [0.05, 0.1) is 25.2 Å². The lowest BCUT2D eigenvalue weighted by molar-refractivity contribution is -0.127. The topological polar surface area (TPSA) is 76.5 Å². The fourth-order valence-corrected chi connectivity index (χ4v) is 5.60. The van der Waals surface area contributed by atoms with Crippen molar-refractivity contribution >= 4 is 11.8 Å². The van der Waals surface area contributed by atoms with Gasteiger partial charge in [-0.3, -0.25) is 9.59 Å². The molecule has 1 aromatic carbocycles. The second-order valence-electron chi connectivity index (χ2n) is 10.2. The van der Waals surface area contributed by atoms with Crippen molar-refractivity contribution in [2.24, 2.45) is 5.92 Å². The second kappa shape index (κ2) is 10.9. The molecule has 1 aliphatic carbocycles. The minimum Gasteiger partial charge on any atom is -0.365 e. The monoisotopic (exact) mass is 482 g/mol. The van der Waals surface area contributed by atoms with E-state index in [9.17, 15) is 14.0 Å². The summed E-state index contributed by atoms with van der Waals surface area (Å²) in [6, 6.07) is 6.62. The molecule has 1 saturated heterocycles. The first-order valence-electron chi connectivity index (χ1n) is 13.1. The number of nitrogens with one attached hydrogen (secondary N) is 1. The molecule has 188 valence electrons. The molecule has 1 aromatic heterocycles. The van der Waals surface area contributed by atoms with Crippen LogP contribution in [-0.4, -0.2) is 45.4 Å². The summed E-state index contributed by atoms with van der Waals surface area (Å²) in [6.45, 7) is 1.94. The molecule has 35 heavy (non-hydrogen) atoms. The van der Waals surface area contributed by atoms with E-state index >= 15 is 0 Å². The van der Waals surface area contributed by atoms with Crippen molar-refractivity contribution in [1.29, 1.82) is 0 Å². The molecule has 0 spiro atoms. The molecule has 1 N–H and O–H groups in total. The van der Waals surface area contributed by atoms with Gasteiger partial charge >= 0.3 is 0 Å². The molecule has 3 aliphatic rings. The molecule has 8 heteroatoms. The fraction of sp³-hybridized carbons (Fsp3) is 0.593.